The number of carbonyl (C=O) groups excluding carboxylic acids is 1. The van der Waals surface area contributed by atoms with Crippen LogP contribution in [-0.2, 0) is 17.9 Å². The molecular weight excluding hydrogens is 314 g/mol. The van der Waals surface area contributed by atoms with Gasteiger partial charge in [-0.05, 0) is 22.9 Å². The van der Waals surface area contributed by atoms with E-state index in [-0.39, 0.29) is 22.9 Å². The van der Waals surface area contributed by atoms with Crippen molar-refractivity contribution in [2.24, 2.45) is 0 Å². The highest BCUT2D eigenvalue weighted by atomic mass is 35.5. The maximum absolute atomic E-state index is 12.0. The topological polar surface area (TPSA) is 113 Å². The summed E-state index contributed by atoms with van der Waals surface area (Å²) in [6.07, 6.45) is 0.833. The molecule has 0 aliphatic heterocycles. The maximum Gasteiger partial charge on any atom is 0.340 e. The molecule has 0 aliphatic rings. The van der Waals surface area contributed by atoms with Crippen LogP contribution in [0, 0.1) is 10.1 Å². The molecule has 2 rings (SSSR count). The van der Waals surface area contributed by atoms with E-state index in [0.29, 0.717) is 12.4 Å². The highest BCUT2D eigenvalue weighted by Crippen LogP contribution is 2.23. The normalized spacial score (nSPS) is 10.5. The monoisotopic (exact) mass is 325 g/mol. The van der Waals surface area contributed by atoms with Gasteiger partial charge in [-0.3, -0.25) is 10.1 Å². The second-order valence-electron chi connectivity index (χ2n) is 4.32. The van der Waals surface area contributed by atoms with E-state index in [1.165, 1.54) is 16.8 Å². The predicted molar refractivity (Wildman–Crippen MR) is 75.3 cm³/mol. The third-order valence-electron chi connectivity index (χ3n) is 2.76. The average Bonchev–Trinajstić information content (AvgIpc) is 2.92. The van der Waals surface area contributed by atoms with E-state index < -0.39 is 10.9 Å². The molecule has 0 fully saturated rings. The van der Waals surface area contributed by atoms with E-state index in [0.717, 1.165) is 12.5 Å². The number of hydrogen-bond donors (Lipinski definition) is 0. The van der Waals surface area contributed by atoms with E-state index in [1.54, 1.807) is 0 Å². The van der Waals surface area contributed by atoms with E-state index in [9.17, 15) is 14.9 Å². The minimum absolute atomic E-state index is 0.0433. The number of aromatic nitrogens is 4. The summed E-state index contributed by atoms with van der Waals surface area (Å²) in [6.45, 7) is 2.46. The molecule has 0 saturated carbocycles. The number of aryl methyl sites for hydroxylation is 1. The van der Waals surface area contributed by atoms with Crippen LogP contribution >= 0.6 is 11.6 Å². The molecule has 0 radical (unpaired) electrons. The number of carbonyl (C=O) groups is 1. The molecule has 0 atom stereocenters. The van der Waals surface area contributed by atoms with Gasteiger partial charge in [0.1, 0.15) is 0 Å². The minimum Gasteiger partial charge on any atom is -0.454 e. The zero-order valence-electron chi connectivity index (χ0n) is 11.6. The molecule has 0 saturated heterocycles. The van der Waals surface area contributed by atoms with E-state index in [1.807, 2.05) is 6.92 Å². The van der Waals surface area contributed by atoms with Gasteiger partial charge in [0, 0.05) is 18.7 Å². The number of nitrogens with zero attached hydrogens (tertiary/aromatic N) is 5. The molecule has 0 bridgehead atoms. The molecule has 2 aromatic rings. The molecule has 1 aromatic carbocycles. The van der Waals surface area contributed by atoms with Crippen molar-refractivity contribution in [2.45, 2.75) is 26.5 Å². The van der Waals surface area contributed by atoms with Crippen LogP contribution in [0.4, 0.5) is 5.69 Å². The Morgan fingerprint density at radius 3 is 2.91 bits per heavy atom. The summed E-state index contributed by atoms with van der Waals surface area (Å²) >= 11 is 5.86. The van der Waals surface area contributed by atoms with Crippen molar-refractivity contribution in [3.8, 4) is 0 Å². The molecule has 1 heterocycles. The number of ether oxygens (including phenoxy) is 1. The Morgan fingerprint density at radius 2 is 2.27 bits per heavy atom. The fourth-order valence-electron chi connectivity index (χ4n) is 1.70. The number of esters is 1. The average molecular weight is 326 g/mol. The van der Waals surface area contributed by atoms with Gasteiger partial charge in [-0.15, -0.1) is 5.10 Å². The summed E-state index contributed by atoms with van der Waals surface area (Å²) in [4.78, 5) is 22.0. The second kappa shape index (κ2) is 6.94. The molecule has 0 N–H and O–H groups in total. The quantitative estimate of drug-likeness (QED) is 0.453. The molecule has 0 spiro atoms. The SMILES string of the molecule is CCCn1nnnc1COC(=O)c1ccc([N+](=O)[O-])cc1Cl. The lowest BCUT2D eigenvalue weighted by molar-refractivity contribution is -0.384. The number of nitro benzene ring substituents is 1. The van der Waals surface area contributed by atoms with Crippen LogP contribution < -0.4 is 0 Å². The van der Waals surface area contributed by atoms with Crippen molar-refractivity contribution in [3.05, 3.63) is 44.7 Å². The summed E-state index contributed by atoms with van der Waals surface area (Å²) in [5.74, 6) is -0.292. The highest BCUT2D eigenvalue weighted by molar-refractivity contribution is 6.33. The Kier molecular flexibility index (Phi) is 4.99. The van der Waals surface area contributed by atoms with Crippen molar-refractivity contribution >= 4 is 23.3 Å². The van der Waals surface area contributed by atoms with Crippen molar-refractivity contribution in [1.29, 1.82) is 0 Å². The minimum atomic E-state index is -0.703. The van der Waals surface area contributed by atoms with E-state index in [4.69, 9.17) is 16.3 Å². The van der Waals surface area contributed by atoms with Crippen LogP contribution in [0.15, 0.2) is 18.2 Å². The summed E-state index contributed by atoms with van der Waals surface area (Å²) in [5, 5.41) is 21.6. The van der Waals surface area contributed by atoms with Gasteiger partial charge in [-0.2, -0.15) is 0 Å². The molecule has 22 heavy (non-hydrogen) atoms. The lowest BCUT2D eigenvalue weighted by atomic mass is 10.2. The smallest absolute Gasteiger partial charge is 0.340 e. The van der Waals surface area contributed by atoms with E-state index in [2.05, 4.69) is 15.5 Å². The van der Waals surface area contributed by atoms with Gasteiger partial charge in [-0.25, -0.2) is 9.48 Å². The Bertz CT molecular complexity index is 703. The van der Waals surface area contributed by atoms with Crippen molar-refractivity contribution < 1.29 is 14.5 Å². The summed E-state index contributed by atoms with van der Waals surface area (Å²) in [7, 11) is 0. The van der Waals surface area contributed by atoms with Gasteiger partial charge in [0.2, 0.25) is 0 Å². The standard InChI is InChI=1S/C12H12ClN5O4/c1-2-5-17-11(14-15-16-17)7-22-12(19)9-4-3-8(18(20)21)6-10(9)13/h3-4,6H,2,5,7H2,1H3. The molecule has 0 aliphatic carbocycles. The Labute approximate surface area is 130 Å². The van der Waals surface area contributed by atoms with Gasteiger partial charge >= 0.3 is 5.97 Å². The zero-order valence-corrected chi connectivity index (χ0v) is 12.4. The molecule has 9 nitrogen and oxygen atoms in total. The van der Waals surface area contributed by atoms with Gasteiger partial charge in [0.05, 0.1) is 15.5 Å². The number of tetrazole rings is 1. The second-order valence-corrected chi connectivity index (χ2v) is 4.72. The maximum atomic E-state index is 12.0. The first-order valence-electron chi connectivity index (χ1n) is 6.39. The van der Waals surface area contributed by atoms with Crippen LogP contribution in [0.1, 0.15) is 29.5 Å². The first kappa shape index (κ1) is 15.8. The van der Waals surface area contributed by atoms with Crippen molar-refractivity contribution in [3.63, 3.8) is 0 Å². The van der Waals surface area contributed by atoms with Crippen molar-refractivity contribution in [1.82, 2.24) is 20.2 Å². The van der Waals surface area contributed by atoms with Crippen LogP contribution in [0.5, 0.6) is 0 Å². The molecule has 1 aromatic heterocycles. The zero-order chi connectivity index (χ0) is 16.1. The van der Waals surface area contributed by atoms with Crippen LogP contribution in [0.2, 0.25) is 5.02 Å². The Morgan fingerprint density at radius 1 is 1.50 bits per heavy atom. The fourth-order valence-corrected chi connectivity index (χ4v) is 1.96. The number of halogens is 1. The van der Waals surface area contributed by atoms with Gasteiger partial charge in [0.15, 0.2) is 12.4 Å². The Balaban J connectivity index is 2.06. The van der Waals surface area contributed by atoms with E-state index >= 15 is 0 Å². The number of non-ortho nitro benzene ring substituents is 1. The summed E-state index contributed by atoms with van der Waals surface area (Å²) in [5.41, 5.74) is -0.157. The first-order valence-corrected chi connectivity index (χ1v) is 6.76. The number of benzene rings is 1. The van der Waals surface area contributed by atoms with Gasteiger partial charge in [-0.1, -0.05) is 18.5 Å². The summed E-state index contributed by atoms with van der Waals surface area (Å²) < 4.78 is 6.62. The van der Waals surface area contributed by atoms with Crippen LogP contribution in [0.25, 0.3) is 0 Å². The third-order valence-corrected chi connectivity index (χ3v) is 3.07. The number of rotatable bonds is 6. The largest absolute Gasteiger partial charge is 0.454 e. The lowest BCUT2D eigenvalue weighted by Gasteiger charge is -2.06. The highest BCUT2D eigenvalue weighted by Gasteiger charge is 2.17. The number of nitro groups is 1. The third kappa shape index (κ3) is 3.55. The van der Waals surface area contributed by atoms with Crippen LogP contribution in [-0.4, -0.2) is 31.1 Å². The molecule has 116 valence electrons. The first-order chi connectivity index (χ1) is 10.5. The molecule has 10 heteroatoms. The fraction of sp³-hybridized carbons (Fsp3) is 0.333. The molecule has 0 amide bonds. The van der Waals surface area contributed by atoms with Gasteiger partial charge in [0.25, 0.3) is 5.69 Å². The predicted octanol–water partition coefficient (Wildman–Crippen LogP) is 2.00. The van der Waals surface area contributed by atoms with Crippen LogP contribution in [0.3, 0.4) is 0 Å². The Hall–Kier alpha value is -2.55. The molecule has 0 unspecified atom stereocenters. The lowest BCUT2D eigenvalue weighted by Crippen LogP contribution is -2.11. The van der Waals surface area contributed by atoms with Crippen molar-refractivity contribution in [2.75, 3.05) is 0 Å². The number of hydrogen-bond acceptors (Lipinski definition) is 7. The molecular formula is C12H12ClN5O4. The van der Waals surface area contributed by atoms with Gasteiger partial charge < -0.3 is 4.74 Å². The summed E-state index contributed by atoms with van der Waals surface area (Å²) in [6, 6.07) is 3.53.